The molecule has 4 saturated carbocycles. The number of esters is 1. The van der Waals surface area contributed by atoms with Gasteiger partial charge in [-0.25, -0.2) is 0 Å². The maximum absolute atomic E-state index is 13.7. The summed E-state index contributed by atoms with van der Waals surface area (Å²) in [5, 5.41) is 0. The molecule has 4 fully saturated rings. The predicted molar refractivity (Wildman–Crippen MR) is 115 cm³/mol. The maximum Gasteiger partial charge on any atom is 0.305 e. The average Bonchev–Trinajstić information content (AvgIpc) is 3.06. The van der Waals surface area contributed by atoms with Crippen LogP contribution in [0.15, 0.2) is 0 Å². The largest absolute Gasteiger partial charge is 0.466 e. The van der Waals surface area contributed by atoms with Gasteiger partial charge in [0.2, 0.25) is 0 Å². The number of Topliss-reactive ketones (excluding diaryl/α,β-unsaturated/α-hetero) is 1. The summed E-state index contributed by atoms with van der Waals surface area (Å²) in [7, 11) is 0. The lowest BCUT2D eigenvalue weighted by molar-refractivity contribution is -0.157. The molecule has 8 unspecified atom stereocenters. The van der Waals surface area contributed by atoms with Crippen LogP contribution in [0, 0.1) is 46.3 Å². The second kappa shape index (κ2) is 8.00. The Balaban J connectivity index is 1.51. The molecule has 29 heavy (non-hydrogen) atoms. The van der Waals surface area contributed by atoms with Crippen molar-refractivity contribution in [3.05, 3.63) is 0 Å². The molecule has 0 heterocycles. The minimum atomic E-state index is -0.160. The van der Waals surface area contributed by atoms with Gasteiger partial charge in [-0.05, 0) is 92.8 Å². The molecule has 0 aromatic heterocycles. The minimum absolute atomic E-state index is 0.0855. The molecule has 0 saturated heterocycles. The lowest BCUT2D eigenvalue weighted by Crippen LogP contribution is -2.56. The average molecular weight is 403 g/mol. The van der Waals surface area contributed by atoms with Crippen LogP contribution in [0.4, 0.5) is 0 Å². The van der Waals surface area contributed by atoms with E-state index in [-0.39, 0.29) is 11.4 Å². The van der Waals surface area contributed by atoms with E-state index in [0.717, 1.165) is 24.7 Å². The van der Waals surface area contributed by atoms with Crippen LogP contribution < -0.4 is 0 Å². The van der Waals surface area contributed by atoms with Crippen LogP contribution in [-0.4, -0.2) is 18.4 Å². The van der Waals surface area contributed by atoms with Crippen LogP contribution in [0.25, 0.3) is 0 Å². The highest BCUT2D eigenvalue weighted by molar-refractivity contribution is 5.87. The molecule has 8 atom stereocenters. The molecule has 0 aromatic rings. The van der Waals surface area contributed by atoms with Crippen LogP contribution in [-0.2, 0) is 14.3 Å². The number of ether oxygens (including phenoxy) is 1. The molecule has 0 N–H and O–H groups in total. The van der Waals surface area contributed by atoms with E-state index in [2.05, 4.69) is 20.8 Å². The Kier molecular flexibility index (Phi) is 5.90. The van der Waals surface area contributed by atoms with Crippen LogP contribution in [0.2, 0.25) is 0 Å². The van der Waals surface area contributed by atoms with Gasteiger partial charge in [0.25, 0.3) is 0 Å². The zero-order valence-electron chi connectivity index (χ0n) is 19.2. The van der Waals surface area contributed by atoms with Gasteiger partial charge >= 0.3 is 5.97 Å². The number of carbonyl (C=O) groups excluding carboxylic acids is 2. The van der Waals surface area contributed by atoms with Gasteiger partial charge in [-0.2, -0.15) is 0 Å². The van der Waals surface area contributed by atoms with Gasteiger partial charge in [-0.1, -0.05) is 33.6 Å². The number of hydrogen-bond acceptors (Lipinski definition) is 3. The monoisotopic (exact) mass is 402 g/mol. The Morgan fingerprint density at radius 3 is 2.66 bits per heavy atom. The lowest BCUT2D eigenvalue weighted by Gasteiger charge is -2.60. The predicted octanol–water partition coefficient (Wildman–Crippen LogP) is 6.19. The normalized spacial score (nSPS) is 45.1. The zero-order chi connectivity index (χ0) is 20.8. The Labute approximate surface area is 177 Å². The lowest BCUT2D eigenvalue weighted by atomic mass is 9.44. The van der Waals surface area contributed by atoms with Gasteiger partial charge in [0.05, 0.1) is 6.61 Å². The molecule has 0 aromatic carbocycles. The summed E-state index contributed by atoms with van der Waals surface area (Å²) in [6.45, 7) is 9.44. The van der Waals surface area contributed by atoms with Gasteiger partial charge in [-0.15, -0.1) is 0 Å². The smallest absolute Gasteiger partial charge is 0.305 e. The fourth-order valence-electron chi connectivity index (χ4n) is 8.72. The fourth-order valence-corrected chi connectivity index (χ4v) is 8.72. The first kappa shape index (κ1) is 21.4. The Morgan fingerprint density at radius 1 is 1.10 bits per heavy atom. The molecule has 0 amide bonds. The second-order valence-corrected chi connectivity index (χ2v) is 11.3. The first-order chi connectivity index (χ1) is 13.8. The van der Waals surface area contributed by atoms with E-state index in [1.54, 1.807) is 0 Å². The van der Waals surface area contributed by atoms with Crippen molar-refractivity contribution in [1.29, 1.82) is 0 Å². The summed E-state index contributed by atoms with van der Waals surface area (Å²) in [4.78, 5) is 25.6. The first-order valence-corrected chi connectivity index (χ1v) is 12.5. The Hall–Kier alpha value is -0.860. The molecule has 0 aliphatic heterocycles. The number of hydrogen-bond donors (Lipinski definition) is 0. The fraction of sp³-hybridized carbons (Fsp3) is 0.923. The van der Waals surface area contributed by atoms with Crippen molar-refractivity contribution in [3.63, 3.8) is 0 Å². The van der Waals surface area contributed by atoms with Crippen molar-refractivity contribution >= 4 is 11.8 Å². The van der Waals surface area contributed by atoms with E-state index in [0.29, 0.717) is 47.9 Å². The zero-order valence-corrected chi connectivity index (χ0v) is 19.2. The highest BCUT2D eigenvalue weighted by Crippen LogP contribution is 2.67. The van der Waals surface area contributed by atoms with Gasteiger partial charge in [0.1, 0.15) is 5.78 Å². The third kappa shape index (κ3) is 3.39. The summed E-state index contributed by atoms with van der Waals surface area (Å²) in [5.74, 6) is 4.13. The van der Waals surface area contributed by atoms with E-state index < -0.39 is 0 Å². The highest BCUT2D eigenvalue weighted by Gasteiger charge is 2.63. The van der Waals surface area contributed by atoms with Crippen LogP contribution in [0.1, 0.15) is 98.3 Å². The van der Waals surface area contributed by atoms with Crippen molar-refractivity contribution in [1.82, 2.24) is 0 Å². The molecular weight excluding hydrogens is 360 g/mol. The number of ketones is 1. The van der Waals surface area contributed by atoms with Crippen molar-refractivity contribution in [2.24, 2.45) is 46.3 Å². The van der Waals surface area contributed by atoms with Crippen LogP contribution in [0.5, 0.6) is 0 Å². The topological polar surface area (TPSA) is 43.4 Å². The molecule has 0 radical (unpaired) electrons. The summed E-state index contributed by atoms with van der Waals surface area (Å²) in [6.07, 6.45) is 12.8. The molecule has 164 valence electrons. The number of carbonyl (C=O) groups is 2. The van der Waals surface area contributed by atoms with Crippen molar-refractivity contribution in [2.45, 2.75) is 98.3 Å². The molecule has 3 nitrogen and oxygen atoms in total. The first-order valence-electron chi connectivity index (χ1n) is 12.5. The Bertz CT molecular complexity index is 642. The number of fused-ring (bicyclic) bond motifs is 5. The van der Waals surface area contributed by atoms with E-state index in [4.69, 9.17) is 4.74 Å². The molecule has 0 bridgehead atoms. The minimum Gasteiger partial charge on any atom is -0.466 e. The van der Waals surface area contributed by atoms with Gasteiger partial charge in [0, 0.05) is 18.3 Å². The molecule has 4 rings (SSSR count). The van der Waals surface area contributed by atoms with Crippen LogP contribution >= 0.6 is 0 Å². The summed E-state index contributed by atoms with van der Waals surface area (Å²) in [5.41, 5.74) is 0.249. The third-order valence-corrected chi connectivity index (χ3v) is 10.3. The summed E-state index contributed by atoms with van der Waals surface area (Å²) >= 11 is 0. The Morgan fingerprint density at radius 2 is 1.90 bits per heavy atom. The molecule has 3 heteroatoms. The molecular formula is C26H42O3. The van der Waals surface area contributed by atoms with E-state index in [9.17, 15) is 9.59 Å². The van der Waals surface area contributed by atoms with Gasteiger partial charge < -0.3 is 4.74 Å². The van der Waals surface area contributed by atoms with Crippen LogP contribution in [0.3, 0.4) is 0 Å². The van der Waals surface area contributed by atoms with E-state index in [1.807, 2.05) is 6.92 Å². The van der Waals surface area contributed by atoms with Crippen molar-refractivity contribution in [2.75, 3.05) is 6.61 Å². The van der Waals surface area contributed by atoms with Gasteiger partial charge in [-0.3, -0.25) is 9.59 Å². The van der Waals surface area contributed by atoms with E-state index in [1.165, 1.54) is 51.4 Å². The van der Waals surface area contributed by atoms with Crippen molar-refractivity contribution < 1.29 is 14.3 Å². The second-order valence-electron chi connectivity index (χ2n) is 11.3. The third-order valence-electron chi connectivity index (χ3n) is 10.3. The molecule has 4 aliphatic rings. The standard InChI is InChI=1S/C26H42O3/c1-5-29-24(28)14-9-17(2)20-12-13-21-19-11-10-18-8-6-7-15-25(18,3)22(19)16-23(27)26(20,21)4/h17-22H,5-16H2,1-4H3. The molecule has 0 spiro atoms. The number of rotatable bonds is 5. The highest BCUT2D eigenvalue weighted by atomic mass is 16.5. The summed E-state index contributed by atoms with van der Waals surface area (Å²) in [6, 6.07) is 0. The van der Waals surface area contributed by atoms with Crippen molar-refractivity contribution in [3.8, 4) is 0 Å². The maximum atomic E-state index is 13.7. The van der Waals surface area contributed by atoms with E-state index >= 15 is 0 Å². The quantitative estimate of drug-likeness (QED) is 0.515. The summed E-state index contributed by atoms with van der Waals surface area (Å²) < 4.78 is 5.13. The molecule has 4 aliphatic carbocycles. The van der Waals surface area contributed by atoms with Gasteiger partial charge in [0.15, 0.2) is 0 Å². The SMILES string of the molecule is CCOC(=O)CCC(C)C1CCC2C3CCC4CCCCC4(C)C3CC(=O)C12C.